The number of hydrazine groups is 1. The van der Waals surface area contributed by atoms with Crippen LogP contribution in [0.5, 0.6) is 0 Å². The van der Waals surface area contributed by atoms with E-state index in [1.165, 1.54) is 10.9 Å². The Hall–Kier alpha value is -4.27. The van der Waals surface area contributed by atoms with Gasteiger partial charge in [0.2, 0.25) is 0 Å². The van der Waals surface area contributed by atoms with Crippen molar-refractivity contribution >= 4 is 22.6 Å². The predicted molar refractivity (Wildman–Crippen MR) is 134 cm³/mol. The molecule has 9 heteroatoms. The van der Waals surface area contributed by atoms with Gasteiger partial charge in [0, 0.05) is 11.9 Å². The van der Waals surface area contributed by atoms with E-state index in [2.05, 4.69) is 21.0 Å². The van der Waals surface area contributed by atoms with Crippen molar-refractivity contribution < 1.29 is 9.59 Å². The summed E-state index contributed by atoms with van der Waals surface area (Å²) in [5, 5.41) is 9.50. The molecule has 35 heavy (non-hydrogen) atoms. The first-order chi connectivity index (χ1) is 16.8. The Labute approximate surface area is 202 Å². The van der Waals surface area contributed by atoms with E-state index >= 15 is 0 Å². The lowest BCUT2D eigenvalue weighted by Crippen LogP contribution is -2.43. The normalized spacial score (nSPS) is 11.1. The second-order valence-corrected chi connectivity index (χ2v) is 8.68. The van der Waals surface area contributed by atoms with Crippen LogP contribution >= 0.6 is 0 Å². The molecule has 0 spiro atoms. The number of benzene rings is 2. The van der Waals surface area contributed by atoms with Crippen molar-refractivity contribution in [1.82, 2.24) is 30.4 Å². The molecule has 0 aliphatic carbocycles. The Morgan fingerprint density at radius 1 is 0.971 bits per heavy atom. The lowest BCUT2D eigenvalue weighted by atomic mass is 10.1. The summed E-state index contributed by atoms with van der Waals surface area (Å²) in [7, 11) is 0. The van der Waals surface area contributed by atoms with Crippen molar-refractivity contribution in [2.75, 3.05) is 0 Å². The molecule has 2 amide bonds. The molecule has 0 bridgehead atoms. The molecular formula is C26H28N6O3. The van der Waals surface area contributed by atoms with Crippen molar-refractivity contribution in [1.29, 1.82) is 0 Å². The lowest BCUT2D eigenvalue weighted by molar-refractivity contribution is 0.0843. The minimum absolute atomic E-state index is 0.00142. The molecule has 2 aromatic carbocycles. The second-order valence-electron chi connectivity index (χ2n) is 8.68. The number of aryl methyl sites for hydroxylation is 2. The van der Waals surface area contributed by atoms with Crippen LogP contribution in [0.3, 0.4) is 0 Å². The molecule has 9 nitrogen and oxygen atoms in total. The number of fused-ring (bicyclic) bond motifs is 1. The molecule has 4 rings (SSSR count). The largest absolute Gasteiger partial charge is 0.290 e. The second kappa shape index (κ2) is 9.92. The number of carbonyl (C=O) groups is 2. The third kappa shape index (κ3) is 4.70. The van der Waals surface area contributed by atoms with E-state index in [0.717, 1.165) is 16.9 Å². The summed E-state index contributed by atoms with van der Waals surface area (Å²) >= 11 is 0. The number of nitrogens with one attached hydrogen (secondary N) is 2. The highest BCUT2D eigenvalue weighted by atomic mass is 16.2. The number of hydrogen-bond acceptors (Lipinski definition) is 5. The number of rotatable bonds is 6. The van der Waals surface area contributed by atoms with Gasteiger partial charge < -0.3 is 0 Å². The molecule has 2 aromatic heterocycles. The van der Waals surface area contributed by atoms with Gasteiger partial charge in [-0.2, -0.15) is 10.2 Å². The number of amides is 2. The maximum atomic E-state index is 13.0. The van der Waals surface area contributed by atoms with Gasteiger partial charge in [0.25, 0.3) is 17.4 Å². The van der Waals surface area contributed by atoms with Crippen LogP contribution in [0.25, 0.3) is 16.5 Å². The Morgan fingerprint density at radius 3 is 2.29 bits per heavy atom. The van der Waals surface area contributed by atoms with E-state index in [9.17, 15) is 14.4 Å². The van der Waals surface area contributed by atoms with Gasteiger partial charge in [0.1, 0.15) is 0 Å². The van der Waals surface area contributed by atoms with E-state index in [-0.39, 0.29) is 17.2 Å². The van der Waals surface area contributed by atoms with E-state index in [1.54, 1.807) is 28.9 Å². The average molecular weight is 473 g/mol. The zero-order valence-electron chi connectivity index (χ0n) is 20.2. The van der Waals surface area contributed by atoms with Crippen LogP contribution in [0.2, 0.25) is 0 Å². The quantitative estimate of drug-likeness (QED) is 0.417. The summed E-state index contributed by atoms with van der Waals surface area (Å²) in [6.07, 6.45) is 2.18. The van der Waals surface area contributed by atoms with Crippen molar-refractivity contribution in [3.05, 3.63) is 87.6 Å². The van der Waals surface area contributed by atoms with Crippen molar-refractivity contribution in [2.24, 2.45) is 0 Å². The van der Waals surface area contributed by atoms with Crippen molar-refractivity contribution in [3.63, 3.8) is 0 Å². The summed E-state index contributed by atoms with van der Waals surface area (Å²) in [6, 6.07) is 14.7. The molecular weight excluding hydrogens is 444 g/mol. The molecule has 0 radical (unpaired) electrons. The summed E-state index contributed by atoms with van der Waals surface area (Å²) < 4.78 is 3.01. The summed E-state index contributed by atoms with van der Waals surface area (Å²) in [4.78, 5) is 38.7. The van der Waals surface area contributed by atoms with Gasteiger partial charge in [-0.3, -0.25) is 25.2 Å². The Morgan fingerprint density at radius 2 is 1.63 bits per heavy atom. The first-order valence-electron chi connectivity index (χ1n) is 11.6. The van der Waals surface area contributed by atoms with Crippen LogP contribution in [0, 0.1) is 6.92 Å². The predicted octanol–water partition coefficient (Wildman–Crippen LogP) is 3.50. The molecule has 2 heterocycles. The van der Waals surface area contributed by atoms with Gasteiger partial charge >= 0.3 is 0 Å². The van der Waals surface area contributed by atoms with E-state index in [4.69, 9.17) is 0 Å². The minimum atomic E-state index is -0.614. The van der Waals surface area contributed by atoms with Crippen LogP contribution in [0.15, 0.2) is 59.5 Å². The van der Waals surface area contributed by atoms with Gasteiger partial charge in [0.15, 0.2) is 5.69 Å². The third-order valence-electron chi connectivity index (χ3n) is 5.68. The standard InChI is InChI=1S/C26H28N6O3/c1-5-14-31-26(35)20-9-7-6-8-19(20)22(30-31)25(34)29-28-24(33)21-15-27-32(23(21)16(2)3)18-12-10-17(4)11-13-18/h6-13,15-16H,5,14H2,1-4H3,(H,28,33)(H,29,34). The van der Waals surface area contributed by atoms with Gasteiger partial charge in [-0.1, -0.05) is 56.7 Å². The molecule has 0 unspecified atom stereocenters. The highest BCUT2D eigenvalue weighted by Gasteiger charge is 2.22. The van der Waals surface area contributed by atoms with Crippen LogP contribution < -0.4 is 16.4 Å². The SMILES string of the molecule is CCCn1nc(C(=O)NNC(=O)c2cnn(-c3ccc(C)cc3)c2C(C)C)c2ccccc2c1=O. The molecule has 2 N–H and O–H groups in total. The first kappa shape index (κ1) is 23.9. The first-order valence-corrected chi connectivity index (χ1v) is 11.6. The highest BCUT2D eigenvalue weighted by Crippen LogP contribution is 2.23. The van der Waals surface area contributed by atoms with Crippen LogP contribution in [-0.4, -0.2) is 31.4 Å². The molecule has 0 saturated heterocycles. The zero-order valence-corrected chi connectivity index (χ0v) is 20.2. The lowest BCUT2D eigenvalue weighted by Gasteiger charge is -2.14. The van der Waals surface area contributed by atoms with Gasteiger partial charge in [-0.05, 0) is 37.5 Å². The fourth-order valence-electron chi connectivity index (χ4n) is 3.99. The molecule has 0 fully saturated rings. The number of nitrogens with zero attached hydrogens (tertiary/aromatic N) is 4. The Balaban J connectivity index is 1.61. The van der Waals surface area contributed by atoms with Crippen molar-refractivity contribution in [2.45, 2.75) is 46.6 Å². The summed E-state index contributed by atoms with van der Waals surface area (Å²) in [5.41, 5.74) is 7.78. The third-order valence-corrected chi connectivity index (χ3v) is 5.68. The molecule has 180 valence electrons. The highest BCUT2D eigenvalue weighted by molar-refractivity contribution is 6.06. The molecule has 4 aromatic rings. The van der Waals surface area contributed by atoms with Crippen LogP contribution in [0.1, 0.15) is 65.2 Å². The fourth-order valence-corrected chi connectivity index (χ4v) is 3.99. The Bertz CT molecular complexity index is 1450. The smallest absolute Gasteiger partial charge is 0.267 e. The summed E-state index contributed by atoms with van der Waals surface area (Å²) in [6.45, 7) is 8.26. The van der Waals surface area contributed by atoms with Crippen LogP contribution in [0.4, 0.5) is 0 Å². The van der Waals surface area contributed by atoms with Crippen molar-refractivity contribution in [3.8, 4) is 5.69 Å². The fraction of sp³-hybridized carbons (Fsp3) is 0.269. The average Bonchev–Trinajstić information content (AvgIpc) is 3.30. The molecule has 0 saturated carbocycles. The maximum Gasteiger partial charge on any atom is 0.290 e. The van der Waals surface area contributed by atoms with Gasteiger partial charge in [-0.15, -0.1) is 0 Å². The monoisotopic (exact) mass is 472 g/mol. The molecule has 0 atom stereocenters. The molecule has 0 aliphatic heterocycles. The van der Waals surface area contributed by atoms with E-state index in [1.807, 2.05) is 52.0 Å². The van der Waals surface area contributed by atoms with Gasteiger partial charge in [0.05, 0.1) is 28.5 Å². The number of carbonyl (C=O) groups excluding carboxylic acids is 2. The minimum Gasteiger partial charge on any atom is -0.267 e. The number of aromatic nitrogens is 4. The Kier molecular flexibility index (Phi) is 6.77. The van der Waals surface area contributed by atoms with Crippen LogP contribution in [-0.2, 0) is 6.54 Å². The van der Waals surface area contributed by atoms with Gasteiger partial charge in [-0.25, -0.2) is 9.36 Å². The maximum absolute atomic E-state index is 13.0. The topological polar surface area (TPSA) is 111 Å². The number of hydrogen-bond donors (Lipinski definition) is 2. The van der Waals surface area contributed by atoms with E-state index < -0.39 is 11.8 Å². The summed E-state index contributed by atoms with van der Waals surface area (Å²) in [5.74, 6) is -1.11. The zero-order chi connectivity index (χ0) is 25.1. The van der Waals surface area contributed by atoms with E-state index in [0.29, 0.717) is 29.3 Å². The molecule has 0 aliphatic rings.